The molecule has 0 radical (unpaired) electrons. The van der Waals surface area contributed by atoms with Crippen LogP contribution >= 0.6 is 0 Å². The summed E-state index contributed by atoms with van der Waals surface area (Å²) in [4.78, 5) is 13.0. The first-order valence-electron chi connectivity index (χ1n) is 10.3. The number of nitrogens with one attached hydrogen (secondary N) is 1. The first kappa shape index (κ1) is 22.9. The summed E-state index contributed by atoms with van der Waals surface area (Å²) in [7, 11) is -1.86. The van der Waals surface area contributed by atoms with E-state index < -0.39 is 21.7 Å². The number of hydrogen-bond donors (Lipinski definition) is 1. The molecule has 0 spiro atoms. The highest BCUT2D eigenvalue weighted by atomic mass is 32.2. The second-order valence-electron chi connectivity index (χ2n) is 8.40. The van der Waals surface area contributed by atoms with Crippen molar-refractivity contribution in [2.24, 2.45) is 0 Å². The van der Waals surface area contributed by atoms with Crippen LogP contribution in [0.4, 0.5) is 5.69 Å². The van der Waals surface area contributed by atoms with Crippen molar-refractivity contribution in [2.45, 2.75) is 51.4 Å². The summed E-state index contributed by atoms with van der Waals surface area (Å²) in [6.45, 7) is 5.90. The van der Waals surface area contributed by atoms with Crippen LogP contribution < -0.4 is 19.1 Å². The molecule has 1 N–H and O–H groups in total. The molecule has 2 aromatic rings. The summed E-state index contributed by atoms with van der Waals surface area (Å²) >= 11 is 0. The largest absolute Gasteiger partial charge is 0.487 e. The molecule has 7 nitrogen and oxygen atoms in total. The third kappa shape index (κ3) is 5.50. The zero-order valence-electron chi connectivity index (χ0n) is 18.6. The fourth-order valence-electron chi connectivity index (χ4n) is 3.61. The zero-order valence-corrected chi connectivity index (χ0v) is 19.4. The van der Waals surface area contributed by atoms with Crippen LogP contribution in [0.1, 0.15) is 45.2 Å². The molecule has 2 atom stereocenters. The number of carbonyl (C=O) groups is 1. The van der Waals surface area contributed by atoms with E-state index in [2.05, 4.69) is 5.32 Å². The lowest BCUT2D eigenvalue weighted by atomic mass is 9.89. The highest BCUT2D eigenvalue weighted by Gasteiger charge is 2.35. The maximum absolute atomic E-state index is 13.0. The van der Waals surface area contributed by atoms with Gasteiger partial charge in [0, 0.05) is 19.0 Å². The minimum Gasteiger partial charge on any atom is -0.487 e. The van der Waals surface area contributed by atoms with Gasteiger partial charge in [-0.15, -0.1) is 0 Å². The zero-order chi connectivity index (χ0) is 22.8. The van der Waals surface area contributed by atoms with Crippen molar-refractivity contribution in [1.82, 2.24) is 5.32 Å². The first-order valence-corrected chi connectivity index (χ1v) is 12.1. The molecule has 1 aliphatic heterocycles. The maximum atomic E-state index is 13.0. The molecule has 1 aliphatic rings. The van der Waals surface area contributed by atoms with Gasteiger partial charge in [-0.3, -0.25) is 9.10 Å². The van der Waals surface area contributed by atoms with Crippen LogP contribution in [0.25, 0.3) is 0 Å². The summed E-state index contributed by atoms with van der Waals surface area (Å²) < 4.78 is 36.5. The summed E-state index contributed by atoms with van der Waals surface area (Å²) in [6, 6.07) is 14.2. The molecule has 2 aromatic carbocycles. The average Bonchev–Trinajstić information content (AvgIpc) is 2.70. The fraction of sp³-hybridized carbons (Fsp3) is 0.435. The van der Waals surface area contributed by atoms with E-state index in [-0.39, 0.29) is 11.9 Å². The molecular formula is C23H30N2O5S. The Hall–Kier alpha value is -2.74. The van der Waals surface area contributed by atoms with Crippen molar-refractivity contribution >= 4 is 21.6 Å². The molecule has 0 fully saturated rings. The van der Waals surface area contributed by atoms with Gasteiger partial charge in [0.25, 0.3) is 5.91 Å². The van der Waals surface area contributed by atoms with Crippen LogP contribution in [0.5, 0.6) is 11.5 Å². The van der Waals surface area contributed by atoms with Crippen LogP contribution in [0.15, 0.2) is 48.5 Å². The predicted molar refractivity (Wildman–Crippen MR) is 121 cm³/mol. The molecule has 0 saturated carbocycles. The Kier molecular flexibility index (Phi) is 6.50. The van der Waals surface area contributed by atoms with Crippen LogP contribution in [0.2, 0.25) is 0 Å². The molecule has 0 bridgehead atoms. The quantitative estimate of drug-likeness (QED) is 0.702. The second-order valence-corrected chi connectivity index (χ2v) is 10.4. The van der Waals surface area contributed by atoms with Gasteiger partial charge in [0.05, 0.1) is 18.0 Å². The summed E-state index contributed by atoms with van der Waals surface area (Å²) in [6.07, 6.45) is 1.62. The predicted octanol–water partition coefficient (Wildman–Crippen LogP) is 3.66. The van der Waals surface area contributed by atoms with Gasteiger partial charge in [-0.2, -0.15) is 0 Å². The van der Waals surface area contributed by atoms with Crippen LogP contribution in [-0.2, 0) is 14.8 Å². The van der Waals surface area contributed by atoms with Crippen LogP contribution in [-0.4, -0.2) is 39.3 Å². The number of anilines is 1. The average molecular weight is 447 g/mol. The van der Waals surface area contributed by atoms with Crippen LogP contribution in [0, 0.1) is 0 Å². The number of benzene rings is 2. The number of fused-ring (bicyclic) bond motifs is 1. The van der Waals surface area contributed by atoms with Crippen molar-refractivity contribution < 1.29 is 22.7 Å². The van der Waals surface area contributed by atoms with E-state index in [0.717, 1.165) is 17.6 Å². The topological polar surface area (TPSA) is 84.9 Å². The molecule has 0 aromatic heterocycles. The van der Waals surface area contributed by atoms with Gasteiger partial charge in [0.15, 0.2) is 6.10 Å². The lowest BCUT2D eigenvalue weighted by Crippen LogP contribution is -2.45. The van der Waals surface area contributed by atoms with Gasteiger partial charge in [0.2, 0.25) is 10.0 Å². The molecular weight excluding hydrogens is 416 g/mol. The number of amides is 1. The fourth-order valence-corrected chi connectivity index (χ4v) is 4.11. The Morgan fingerprint density at radius 2 is 1.87 bits per heavy atom. The Morgan fingerprint density at radius 1 is 1.23 bits per heavy atom. The van der Waals surface area contributed by atoms with Crippen molar-refractivity contribution in [3.8, 4) is 11.5 Å². The lowest BCUT2D eigenvalue weighted by molar-refractivity contribution is -0.129. The number of nitrogens with zero attached hydrogens (tertiary/aromatic N) is 1. The van der Waals surface area contributed by atoms with Crippen molar-refractivity contribution in [2.75, 3.05) is 17.6 Å². The maximum Gasteiger partial charge on any atom is 0.261 e. The molecule has 1 amide bonds. The monoisotopic (exact) mass is 446 g/mol. The first-order chi connectivity index (χ1) is 14.5. The Labute approximate surface area is 184 Å². The van der Waals surface area contributed by atoms with E-state index in [1.807, 2.05) is 45.0 Å². The molecule has 168 valence electrons. The minimum absolute atomic E-state index is 0.170. The third-order valence-corrected chi connectivity index (χ3v) is 6.54. The van der Waals surface area contributed by atoms with Gasteiger partial charge in [0.1, 0.15) is 17.1 Å². The number of sulfonamides is 1. The molecule has 3 rings (SSSR count). The van der Waals surface area contributed by atoms with Gasteiger partial charge in [-0.05, 0) is 50.6 Å². The lowest BCUT2D eigenvalue weighted by Gasteiger charge is -2.38. The summed E-state index contributed by atoms with van der Waals surface area (Å²) in [5, 5.41) is 3.12. The summed E-state index contributed by atoms with van der Waals surface area (Å²) in [5.74, 6) is 1.08. The number of para-hydroxylation sites is 1. The third-order valence-electron chi connectivity index (χ3n) is 5.33. The van der Waals surface area contributed by atoms with E-state index in [4.69, 9.17) is 9.47 Å². The van der Waals surface area contributed by atoms with Crippen molar-refractivity contribution in [3.63, 3.8) is 0 Å². The highest BCUT2D eigenvalue weighted by Crippen LogP contribution is 2.39. The van der Waals surface area contributed by atoms with Gasteiger partial charge in [-0.1, -0.05) is 25.1 Å². The Balaban J connectivity index is 1.71. The smallest absolute Gasteiger partial charge is 0.261 e. The highest BCUT2D eigenvalue weighted by molar-refractivity contribution is 7.92. The Morgan fingerprint density at radius 3 is 2.48 bits per heavy atom. The Bertz CT molecular complexity index is 1030. The van der Waals surface area contributed by atoms with E-state index in [9.17, 15) is 13.2 Å². The molecule has 0 saturated heterocycles. The number of hydrogen-bond acceptors (Lipinski definition) is 5. The van der Waals surface area contributed by atoms with Crippen molar-refractivity contribution in [1.29, 1.82) is 0 Å². The molecule has 1 heterocycles. The number of ether oxygens (including phenoxy) is 2. The van der Waals surface area contributed by atoms with E-state index in [1.54, 1.807) is 24.3 Å². The molecule has 8 heteroatoms. The van der Waals surface area contributed by atoms with Gasteiger partial charge >= 0.3 is 0 Å². The number of carbonyl (C=O) groups excluding carboxylic acids is 1. The molecule has 0 aliphatic carbocycles. The van der Waals surface area contributed by atoms with E-state index in [1.165, 1.54) is 11.4 Å². The second kappa shape index (κ2) is 8.78. The SMILES string of the molecule is CC[C@@H](Oc1ccc(N(C)S(C)(=O)=O)cc1)C(=O)N[C@@H]1CC(C)(C)Oc2ccccc21. The number of rotatable bonds is 7. The van der Waals surface area contributed by atoms with Crippen LogP contribution in [0.3, 0.4) is 0 Å². The van der Waals surface area contributed by atoms with Gasteiger partial charge in [-0.25, -0.2) is 8.42 Å². The molecule has 0 unspecified atom stereocenters. The van der Waals surface area contributed by atoms with E-state index >= 15 is 0 Å². The normalized spacial score (nSPS) is 18.3. The van der Waals surface area contributed by atoms with Gasteiger partial charge < -0.3 is 14.8 Å². The molecule has 31 heavy (non-hydrogen) atoms. The minimum atomic E-state index is -3.34. The summed E-state index contributed by atoms with van der Waals surface area (Å²) in [5.41, 5.74) is 1.09. The van der Waals surface area contributed by atoms with E-state index in [0.29, 0.717) is 24.3 Å². The standard InChI is InChI=1S/C23H30N2O5S/c1-6-20(29-17-13-11-16(12-14-17)25(4)31(5,27)28)22(26)24-19-15-23(2,3)30-21-10-8-7-9-18(19)21/h7-14,19-20H,6,15H2,1-5H3,(H,24,26)/t19-,20-/m1/s1. The van der Waals surface area contributed by atoms with Crippen molar-refractivity contribution in [3.05, 3.63) is 54.1 Å².